The number of nitrogens with zero attached hydrogens (tertiary/aromatic N) is 3. The average molecular weight is 557 g/mol. The maximum Gasteiger partial charge on any atom is 0.252 e. The van der Waals surface area contributed by atoms with Gasteiger partial charge in [-0.3, -0.25) is 9.69 Å². The zero-order valence-electron chi connectivity index (χ0n) is 21.2. The van der Waals surface area contributed by atoms with E-state index in [1.54, 1.807) is 63.7 Å². The first-order chi connectivity index (χ1) is 16.8. The quantitative estimate of drug-likeness (QED) is 0.293. The lowest BCUT2D eigenvalue weighted by molar-refractivity contribution is -0.114. The summed E-state index contributed by atoms with van der Waals surface area (Å²) in [5.74, 6) is 1.92. The van der Waals surface area contributed by atoms with Crippen molar-refractivity contribution in [3.8, 4) is 23.0 Å². The van der Waals surface area contributed by atoms with E-state index in [4.69, 9.17) is 35.5 Å². The number of amides is 1. The molecule has 3 aromatic rings. The summed E-state index contributed by atoms with van der Waals surface area (Å²) in [6.07, 6.45) is 4.01. The predicted octanol–water partition coefficient (Wildman–Crippen LogP) is 5.40. The number of rotatable bonds is 11. The first-order valence-electron chi connectivity index (χ1n) is 10.9. The molecular formula is C25H31Cl2N3O5S. The number of benzene rings is 2. The number of carbonyl (C=O) groups excluding carboxylic acids is 1. The first kappa shape index (κ1) is 29.5. The van der Waals surface area contributed by atoms with Crippen LogP contribution >= 0.6 is 35.3 Å². The summed E-state index contributed by atoms with van der Waals surface area (Å²) in [4.78, 5) is 21.8. The van der Waals surface area contributed by atoms with Crippen molar-refractivity contribution in [1.82, 2.24) is 9.88 Å². The highest BCUT2D eigenvalue weighted by atomic mass is 35.5. The van der Waals surface area contributed by atoms with Crippen LogP contribution in [-0.4, -0.2) is 71.4 Å². The topological polar surface area (TPSA) is 73.4 Å². The molecule has 0 aliphatic rings. The molecule has 196 valence electrons. The molecule has 0 bridgehead atoms. The van der Waals surface area contributed by atoms with E-state index < -0.39 is 0 Å². The number of anilines is 1. The fraction of sp³-hybridized carbons (Fsp3) is 0.360. The van der Waals surface area contributed by atoms with E-state index >= 15 is 0 Å². The number of methoxy groups -OCH3 is 4. The summed E-state index contributed by atoms with van der Waals surface area (Å²) in [7, 11) is 10.2. The number of ether oxygens (including phenoxy) is 4. The Morgan fingerprint density at radius 1 is 1.00 bits per heavy atom. The van der Waals surface area contributed by atoms with Crippen molar-refractivity contribution < 1.29 is 23.7 Å². The Bertz CT molecular complexity index is 1190. The molecule has 3 rings (SSSR count). The Morgan fingerprint density at radius 3 is 2.19 bits per heavy atom. The smallest absolute Gasteiger partial charge is 0.252 e. The van der Waals surface area contributed by atoms with E-state index in [2.05, 4.69) is 4.90 Å². The molecule has 1 heterocycles. The van der Waals surface area contributed by atoms with Crippen LogP contribution in [-0.2, 0) is 4.79 Å². The fourth-order valence-electron chi connectivity index (χ4n) is 3.52. The molecule has 0 fully saturated rings. The number of hydrogen-bond acceptors (Lipinski definition) is 8. The van der Waals surface area contributed by atoms with Crippen molar-refractivity contribution in [2.24, 2.45) is 0 Å². The van der Waals surface area contributed by atoms with Gasteiger partial charge in [-0.2, -0.15) is 0 Å². The number of carbonyl (C=O) groups is 1. The first-order valence-corrected chi connectivity index (χ1v) is 12.1. The molecule has 0 atom stereocenters. The fourth-order valence-corrected chi connectivity index (χ4v) is 4.81. The van der Waals surface area contributed by atoms with Crippen molar-refractivity contribution in [3.05, 3.63) is 40.9 Å². The second kappa shape index (κ2) is 13.5. The zero-order chi connectivity index (χ0) is 25.5. The van der Waals surface area contributed by atoms with Crippen LogP contribution in [0.1, 0.15) is 12.0 Å². The standard InChI is InChI=1S/C25H30ClN3O5S.ClH/c1-28(2)12-7-13-29(25-27-22-18(31-3)10-9-17(26)24(22)35-25)21(30)11-8-16-14-19(32-4)23(34-6)20(15-16)33-5;/h8-11,14-15H,7,12-13H2,1-6H3;1H. The maximum absolute atomic E-state index is 13.4. The van der Waals surface area contributed by atoms with Crippen molar-refractivity contribution in [3.63, 3.8) is 0 Å². The van der Waals surface area contributed by atoms with Crippen LogP contribution in [0, 0.1) is 0 Å². The SMILES string of the molecule is COc1cc(C=CC(=O)N(CCCN(C)C)c2nc3c(OC)ccc(Cl)c3s2)cc(OC)c1OC.Cl. The molecule has 0 saturated heterocycles. The van der Waals surface area contributed by atoms with Gasteiger partial charge in [0.2, 0.25) is 5.75 Å². The lowest BCUT2D eigenvalue weighted by Crippen LogP contribution is -2.32. The van der Waals surface area contributed by atoms with E-state index in [1.807, 2.05) is 14.1 Å². The minimum absolute atomic E-state index is 0. The molecule has 36 heavy (non-hydrogen) atoms. The van der Waals surface area contributed by atoms with E-state index in [0.717, 1.165) is 23.2 Å². The summed E-state index contributed by atoms with van der Waals surface area (Å²) < 4.78 is 22.4. The summed E-state index contributed by atoms with van der Waals surface area (Å²) in [5, 5.41) is 1.13. The molecule has 11 heteroatoms. The van der Waals surface area contributed by atoms with E-state index in [0.29, 0.717) is 45.2 Å². The highest BCUT2D eigenvalue weighted by molar-refractivity contribution is 7.23. The molecule has 1 aromatic heterocycles. The van der Waals surface area contributed by atoms with Crippen molar-refractivity contribution in [1.29, 1.82) is 0 Å². The van der Waals surface area contributed by atoms with Gasteiger partial charge in [0.1, 0.15) is 11.3 Å². The Labute approximate surface area is 226 Å². The number of thiazole rings is 1. The molecule has 0 saturated carbocycles. The van der Waals surface area contributed by atoms with Crippen molar-refractivity contribution in [2.75, 3.05) is 60.5 Å². The van der Waals surface area contributed by atoms with Gasteiger partial charge in [-0.15, -0.1) is 12.4 Å². The highest BCUT2D eigenvalue weighted by Crippen LogP contribution is 2.40. The van der Waals surface area contributed by atoms with Crippen LogP contribution in [0.25, 0.3) is 16.3 Å². The van der Waals surface area contributed by atoms with Crippen molar-refractivity contribution in [2.45, 2.75) is 6.42 Å². The predicted molar refractivity (Wildman–Crippen MR) is 149 cm³/mol. The number of hydrogen-bond donors (Lipinski definition) is 0. The summed E-state index contributed by atoms with van der Waals surface area (Å²) >= 11 is 7.77. The Hall–Kier alpha value is -2.72. The van der Waals surface area contributed by atoms with E-state index in [9.17, 15) is 4.79 Å². The molecule has 0 unspecified atom stereocenters. The van der Waals surface area contributed by atoms with Crippen LogP contribution < -0.4 is 23.8 Å². The van der Waals surface area contributed by atoms with Crippen molar-refractivity contribution >= 4 is 62.7 Å². The summed E-state index contributed by atoms with van der Waals surface area (Å²) in [6, 6.07) is 7.11. The van der Waals surface area contributed by atoms with Gasteiger partial charge in [-0.25, -0.2) is 4.98 Å². The molecule has 2 aromatic carbocycles. The number of fused-ring (bicyclic) bond motifs is 1. The van der Waals surface area contributed by atoms with Crippen LogP contribution in [0.4, 0.5) is 5.13 Å². The molecular weight excluding hydrogens is 525 g/mol. The van der Waals surface area contributed by atoms with E-state index in [-0.39, 0.29) is 18.3 Å². The third-order valence-electron chi connectivity index (χ3n) is 5.26. The highest BCUT2D eigenvalue weighted by Gasteiger charge is 2.21. The van der Waals surface area contributed by atoms with Crippen LogP contribution in [0.3, 0.4) is 0 Å². The van der Waals surface area contributed by atoms with Gasteiger partial charge in [0.05, 0.1) is 38.2 Å². The van der Waals surface area contributed by atoms with Gasteiger partial charge in [0.25, 0.3) is 5.91 Å². The third kappa shape index (κ3) is 6.73. The molecule has 0 aliphatic heterocycles. The second-order valence-electron chi connectivity index (χ2n) is 7.86. The minimum Gasteiger partial charge on any atom is -0.494 e. The van der Waals surface area contributed by atoms with E-state index in [1.165, 1.54) is 17.4 Å². The lowest BCUT2D eigenvalue weighted by atomic mass is 10.1. The summed E-state index contributed by atoms with van der Waals surface area (Å²) in [5.41, 5.74) is 1.37. The van der Waals surface area contributed by atoms with Gasteiger partial charge in [-0.1, -0.05) is 22.9 Å². The molecule has 0 spiro atoms. The largest absolute Gasteiger partial charge is 0.494 e. The third-order valence-corrected chi connectivity index (χ3v) is 6.80. The van der Waals surface area contributed by atoms with Crippen LogP contribution in [0.15, 0.2) is 30.3 Å². The average Bonchev–Trinajstić information content (AvgIpc) is 3.30. The van der Waals surface area contributed by atoms with Gasteiger partial charge in [0, 0.05) is 12.6 Å². The molecule has 0 N–H and O–H groups in total. The molecule has 1 amide bonds. The van der Waals surface area contributed by atoms with Gasteiger partial charge in [-0.05, 0) is 63.0 Å². The monoisotopic (exact) mass is 555 g/mol. The Balaban J connectivity index is 0.00000456. The zero-order valence-corrected chi connectivity index (χ0v) is 23.6. The van der Waals surface area contributed by atoms with Gasteiger partial charge >= 0.3 is 0 Å². The van der Waals surface area contributed by atoms with Gasteiger partial charge < -0.3 is 23.8 Å². The van der Waals surface area contributed by atoms with Crippen LogP contribution in [0.2, 0.25) is 5.02 Å². The Morgan fingerprint density at radius 2 is 1.64 bits per heavy atom. The minimum atomic E-state index is -0.202. The second-order valence-corrected chi connectivity index (χ2v) is 9.25. The maximum atomic E-state index is 13.4. The molecule has 0 radical (unpaired) electrons. The van der Waals surface area contributed by atoms with Crippen LogP contribution in [0.5, 0.6) is 23.0 Å². The number of aromatic nitrogens is 1. The lowest BCUT2D eigenvalue weighted by Gasteiger charge is -2.19. The number of halogens is 2. The molecule has 0 aliphatic carbocycles. The summed E-state index contributed by atoms with van der Waals surface area (Å²) in [6.45, 7) is 1.33. The normalized spacial score (nSPS) is 11.0. The van der Waals surface area contributed by atoms with Gasteiger partial charge in [0.15, 0.2) is 16.6 Å². The molecule has 8 nitrogen and oxygen atoms in total. The Kier molecular flexibility index (Phi) is 11.1.